The predicted octanol–water partition coefficient (Wildman–Crippen LogP) is 2.74. The first-order chi connectivity index (χ1) is 10.0. The summed E-state index contributed by atoms with van der Waals surface area (Å²) in [6.07, 6.45) is 0.347. The van der Waals surface area contributed by atoms with E-state index in [0.29, 0.717) is 23.4 Å². The van der Waals surface area contributed by atoms with Crippen LogP contribution < -0.4 is 5.32 Å². The number of amides is 1. The minimum absolute atomic E-state index is 0.0601. The Bertz CT molecular complexity index is 593. The van der Waals surface area contributed by atoms with Crippen molar-refractivity contribution in [2.24, 2.45) is 0 Å². The number of carbonyl (C=O) groups excluding carboxylic acids is 1. The standard InChI is InChI=1S/C15H19N3O2S/c1-10(2)21-13-6-4-12(5-7-13)8-14(19)16-9-15-17-11(3)18-20-15/h4-7,10H,8-9H2,1-3H3,(H,16,19). The first-order valence-corrected chi connectivity index (χ1v) is 7.72. The van der Waals surface area contributed by atoms with Gasteiger partial charge in [-0.2, -0.15) is 4.98 Å². The molecule has 1 aromatic carbocycles. The first kappa shape index (κ1) is 15.6. The second kappa shape index (κ2) is 7.26. The van der Waals surface area contributed by atoms with E-state index in [-0.39, 0.29) is 12.5 Å². The molecule has 5 nitrogen and oxygen atoms in total. The second-order valence-corrected chi connectivity index (χ2v) is 6.65. The molecule has 1 heterocycles. The molecular weight excluding hydrogens is 286 g/mol. The summed E-state index contributed by atoms with van der Waals surface area (Å²) < 4.78 is 4.94. The maximum Gasteiger partial charge on any atom is 0.246 e. The molecule has 0 aliphatic heterocycles. The van der Waals surface area contributed by atoms with Crippen LogP contribution in [0.25, 0.3) is 0 Å². The minimum atomic E-state index is -0.0601. The Balaban J connectivity index is 1.82. The van der Waals surface area contributed by atoms with Crippen molar-refractivity contribution in [3.05, 3.63) is 41.5 Å². The fraction of sp³-hybridized carbons (Fsp3) is 0.400. The van der Waals surface area contributed by atoms with Gasteiger partial charge in [-0.25, -0.2) is 0 Å². The van der Waals surface area contributed by atoms with Gasteiger partial charge >= 0.3 is 0 Å². The number of aromatic nitrogens is 2. The maximum atomic E-state index is 11.8. The van der Waals surface area contributed by atoms with Crippen LogP contribution in [0, 0.1) is 6.92 Å². The molecule has 2 rings (SSSR count). The lowest BCUT2D eigenvalue weighted by Gasteiger charge is -2.06. The monoisotopic (exact) mass is 305 g/mol. The highest BCUT2D eigenvalue weighted by atomic mass is 32.2. The van der Waals surface area contributed by atoms with Crippen molar-refractivity contribution in [2.75, 3.05) is 0 Å². The van der Waals surface area contributed by atoms with Gasteiger partial charge in [0.25, 0.3) is 0 Å². The number of aryl methyl sites for hydroxylation is 1. The van der Waals surface area contributed by atoms with Crippen LogP contribution in [-0.4, -0.2) is 21.3 Å². The molecule has 1 N–H and O–H groups in total. The van der Waals surface area contributed by atoms with Crippen molar-refractivity contribution in [1.29, 1.82) is 0 Å². The summed E-state index contributed by atoms with van der Waals surface area (Å²) in [4.78, 5) is 17.1. The Labute approximate surface area is 128 Å². The molecule has 0 aliphatic rings. The summed E-state index contributed by atoms with van der Waals surface area (Å²) in [6.45, 7) is 6.32. The van der Waals surface area contributed by atoms with E-state index in [1.54, 1.807) is 6.92 Å². The predicted molar refractivity (Wildman–Crippen MR) is 82.0 cm³/mol. The molecule has 0 unspecified atom stereocenters. The molecule has 0 saturated carbocycles. The number of rotatable bonds is 6. The molecule has 2 aromatic rings. The molecule has 0 saturated heterocycles. The van der Waals surface area contributed by atoms with Crippen LogP contribution in [0.3, 0.4) is 0 Å². The van der Waals surface area contributed by atoms with Crippen LogP contribution in [0.5, 0.6) is 0 Å². The molecule has 1 aromatic heterocycles. The van der Waals surface area contributed by atoms with E-state index < -0.39 is 0 Å². The van der Waals surface area contributed by atoms with Gasteiger partial charge in [-0.05, 0) is 24.6 Å². The lowest BCUT2D eigenvalue weighted by atomic mass is 10.1. The van der Waals surface area contributed by atoms with E-state index >= 15 is 0 Å². The fourth-order valence-electron chi connectivity index (χ4n) is 1.79. The van der Waals surface area contributed by atoms with Crippen LogP contribution in [0.1, 0.15) is 31.1 Å². The van der Waals surface area contributed by atoms with Crippen LogP contribution in [0.4, 0.5) is 0 Å². The van der Waals surface area contributed by atoms with Crippen LogP contribution in [0.2, 0.25) is 0 Å². The number of nitrogens with one attached hydrogen (secondary N) is 1. The van der Waals surface area contributed by atoms with Gasteiger partial charge in [0.05, 0.1) is 13.0 Å². The summed E-state index contributed by atoms with van der Waals surface area (Å²) in [6, 6.07) is 8.07. The van der Waals surface area contributed by atoms with Gasteiger partial charge in [-0.3, -0.25) is 4.79 Å². The molecular formula is C15H19N3O2S. The molecule has 21 heavy (non-hydrogen) atoms. The Morgan fingerprint density at radius 1 is 1.33 bits per heavy atom. The SMILES string of the molecule is Cc1noc(CNC(=O)Cc2ccc(SC(C)C)cc2)n1. The Hall–Kier alpha value is -1.82. The van der Waals surface area contributed by atoms with Gasteiger partial charge in [-0.15, -0.1) is 11.8 Å². The Morgan fingerprint density at radius 3 is 2.62 bits per heavy atom. The van der Waals surface area contributed by atoms with E-state index in [9.17, 15) is 4.79 Å². The van der Waals surface area contributed by atoms with Crippen LogP contribution in [-0.2, 0) is 17.8 Å². The van der Waals surface area contributed by atoms with Gasteiger partial charge < -0.3 is 9.84 Å². The molecule has 0 fully saturated rings. The molecule has 0 atom stereocenters. The van der Waals surface area contributed by atoms with Crippen molar-refractivity contribution in [3.8, 4) is 0 Å². The maximum absolute atomic E-state index is 11.8. The molecule has 0 aliphatic carbocycles. The highest BCUT2D eigenvalue weighted by Gasteiger charge is 2.07. The lowest BCUT2D eigenvalue weighted by Crippen LogP contribution is -2.24. The number of thioether (sulfide) groups is 1. The van der Waals surface area contributed by atoms with Crippen LogP contribution in [0.15, 0.2) is 33.7 Å². The van der Waals surface area contributed by atoms with Gasteiger partial charge in [0.1, 0.15) is 0 Å². The number of nitrogens with zero attached hydrogens (tertiary/aromatic N) is 2. The quantitative estimate of drug-likeness (QED) is 0.831. The van der Waals surface area contributed by atoms with Gasteiger partial charge in [-0.1, -0.05) is 31.1 Å². The van der Waals surface area contributed by atoms with Crippen molar-refractivity contribution >= 4 is 17.7 Å². The number of hydrogen-bond acceptors (Lipinski definition) is 5. The summed E-state index contributed by atoms with van der Waals surface area (Å²) in [7, 11) is 0. The average molecular weight is 305 g/mol. The lowest BCUT2D eigenvalue weighted by molar-refractivity contribution is -0.120. The van der Waals surface area contributed by atoms with E-state index in [1.807, 2.05) is 23.9 Å². The molecule has 0 radical (unpaired) electrons. The highest BCUT2D eigenvalue weighted by Crippen LogP contribution is 2.22. The average Bonchev–Trinajstić information content (AvgIpc) is 2.84. The first-order valence-electron chi connectivity index (χ1n) is 6.84. The summed E-state index contributed by atoms with van der Waals surface area (Å²) in [5.74, 6) is 0.928. The highest BCUT2D eigenvalue weighted by molar-refractivity contribution is 7.99. The van der Waals surface area contributed by atoms with Gasteiger partial charge in [0, 0.05) is 10.1 Å². The Kier molecular flexibility index (Phi) is 5.38. The smallest absolute Gasteiger partial charge is 0.246 e. The van der Waals surface area contributed by atoms with Crippen molar-refractivity contribution in [1.82, 2.24) is 15.5 Å². The van der Waals surface area contributed by atoms with Crippen molar-refractivity contribution in [3.63, 3.8) is 0 Å². The van der Waals surface area contributed by atoms with E-state index in [1.165, 1.54) is 4.90 Å². The minimum Gasteiger partial charge on any atom is -0.347 e. The normalized spacial score (nSPS) is 10.9. The molecule has 0 spiro atoms. The third-order valence-corrected chi connectivity index (χ3v) is 3.68. The third-order valence-electron chi connectivity index (χ3n) is 2.67. The van der Waals surface area contributed by atoms with E-state index in [2.05, 4.69) is 41.4 Å². The molecule has 1 amide bonds. The topological polar surface area (TPSA) is 68.0 Å². The van der Waals surface area contributed by atoms with Gasteiger partial charge in [0.2, 0.25) is 11.8 Å². The Morgan fingerprint density at radius 2 is 2.05 bits per heavy atom. The fourth-order valence-corrected chi connectivity index (χ4v) is 2.63. The third kappa shape index (κ3) is 5.23. The molecule has 0 bridgehead atoms. The summed E-state index contributed by atoms with van der Waals surface area (Å²) >= 11 is 1.81. The zero-order valence-corrected chi connectivity index (χ0v) is 13.2. The van der Waals surface area contributed by atoms with Crippen molar-refractivity contribution in [2.45, 2.75) is 43.9 Å². The summed E-state index contributed by atoms with van der Waals surface area (Å²) in [5.41, 5.74) is 0.988. The zero-order valence-electron chi connectivity index (χ0n) is 12.4. The number of hydrogen-bond donors (Lipinski definition) is 1. The molecule has 6 heteroatoms. The van der Waals surface area contributed by atoms with E-state index in [4.69, 9.17) is 4.52 Å². The largest absolute Gasteiger partial charge is 0.347 e. The van der Waals surface area contributed by atoms with Crippen molar-refractivity contribution < 1.29 is 9.32 Å². The summed E-state index contributed by atoms with van der Waals surface area (Å²) in [5, 5.41) is 6.99. The zero-order chi connectivity index (χ0) is 15.2. The van der Waals surface area contributed by atoms with Gasteiger partial charge in [0.15, 0.2) is 5.82 Å². The number of carbonyl (C=O) groups is 1. The van der Waals surface area contributed by atoms with E-state index in [0.717, 1.165) is 5.56 Å². The van der Waals surface area contributed by atoms with Crippen LogP contribution >= 0.6 is 11.8 Å². The molecule has 112 valence electrons. The second-order valence-electron chi connectivity index (χ2n) is 5.00. The number of benzene rings is 1.